The van der Waals surface area contributed by atoms with E-state index in [0.717, 1.165) is 37.4 Å². The number of hydrogen-bond donors (Lipinski definition) is 0. The van der Waals surface area contributed by atoms with Crippen LogP contribution in [0.4, 0.5) is 0 Å². The van der Waals surface area contributed by atoms with Crippen LogP contribution in [0.2, 0.25) is 0 Å². The smallest absolute Gasteiger partial charge is 0.227 e. The van der Waals surface area contributed by atoms with Gasteiger partial charge in [-0.15, -0.1) is 22.7 Å². The quantitative estimate of drug-likeness (QED) is 0.760. The van der Waals surface area contributed by atoms with Crippen LogP contribution in [-0.4, -0.2) is 34.6 Å². The third kappa shape index (κ3) is 4.33. The van der Waals surface area contributed by atoms with E-state index < -0.39 is 0 Å². The Morgan fingerprint density at radius 3 is 2.86 bits per heavy atom. The third-order valence-corrected chi connectivity index (χ3v) is 7.16. The number of thiazole rings is 1. The number of rotatable bonds is 5. The van der Waals surface area contributed by atoms with E-state index >= 15 is 0 Å². The second kappa shape index (κ2) is 7.62. The van der Waals surface area contributed by atoms with E-state index in [0.29, 0.717) is 12.3 Å². The molecule has 0 saturated carbocycles. The maximum atomic E-state index is 12.3. The molecule has 0 bridgehead atoms. The van der Waals surface area contributed by atoms with Gasteiger partial charge in [0.2, 0.25) is 5.91 Å². The molecule has 0 unspecified atom stereocenters. The Morgan fingerprint density at radius 1 is 1.41 bits per heavy atom. The van der Waals surface area contributed by atoms with Gasteiger partial charge in [-0.2, -0.15) is 0 Å². The fraction of sp³-hybridized carbons (Fsp3) is 0.500. The van der Waals surface area contributed by atoms with Crippen LogP contribution < -0.4 is 0 Å². The molecule has 0 N–H and O–H groups in total. The average Bonchev–Trinajstić information content (AvgIpc) is 3.17. The van der Waals surface area contributed by atoms with Crippen molar-refractivity contribution in [1.82, 2.24) is 9.88 Å². The van der Waals surface area contributed by atoms with Gasteiger partial charge in [-0.1, -0.05) is 17.8 Å². The fourth-order valence-corrected chi connectivity index (χ4v) is 5.37. The summed E-state index contributed by atoms with van der Waals surface area (Å²) in [7, 11) is 0. The van der Waals surface area contributed by atoms with Gasteiger partial charge in [-0.3, -0.25) is 4.79 Å². The third-order valence-electron chi connectivity index (χ3n) is 3.91. The molecule has 1 amide bonds. The van der Waals surface area contributed by atoms with Crippen molar-refractivity contribution in [2.45, 2.75) is 30.5 Å². The lowest BCUT2D eigenvalue weighted by molar-refractivity contribution is -0.131. The van der Waals surface area contributed by atoms with Gasteiger partial charge in [0.15, 0.2) is 0 Å². The van der Waals surface area contributed by atoms with Gasteiger partial charge in [0, 0.05) is 34.8 Å². The van der Waals surface area contributed by atoms with Gasteiger partial charge in [0.25, 0.3) is 0 Å². The molecule has 3 rings (SSSR count). The van der Waals surface area contributed by atoms with E-state index in [1.54, 1.807) is 22.7 Å². The van der Waals surface area contributed by atoms with Crippen LogP contribution in [0.1, 0.15) is 23.4 Å². The Morgan fingerprint density at radius 2 is 2.23 bits per heavy atom. The molecule has 0 spiro atoms. The van der Waals surface area contributed by atoms with Crippen molar-refractivity contribution in [3.63, 3.8) is 0 Å². The van der Waals surface area contributed by atoms with E-state index in [1.807, 2.05) is 41.1 Å². The second-order valence-electron chi connectivity index (χ2n) is 5.65. The van der Waals surface area contributed by atoms with Gasteiger partial charge in [0.05, 0.1) is 6.42 Å². The first-order valence-electron chi connectivity index (χ1n) is 7.56. The molecule has 6 heteroatoms. The average molecular weight is 353 g/mol. The summed E-state index contributed by atoms with van der Waals surface area (Å²) < 4.78 is 1.17. The molecule has 0 radical (unpaired) electrons. The van der Waals surface area contributed by atoms with E-state index in [1.165, 1.54) is 9.22 Å². The summed E-state index contributed by atoms with van der Waals surface area (Å²) >= 11 is 5.27. The molecule has 22 heavy (non-hydrogen) atoms. The predicted octanol–water partition coefficient (Wildman–Crippen LogP) is 4.09. The van der Waals surface area contributed by atoms with Crippen molar-refractivity contribution in [2.24, 2.45) is 5.92 Å². The summed E-state index contributed by atoms with van der Waals surface area (Å²) in [6.07, 6.45) is 2.80. The van der Waals surface area contributed by atoms with Crippen LogP contribution in [0.15, 0.2) is 27.2 Å². The maximum absolute atomic E-state index is 12.3. The monoisotopic (exact) mass is 352 g/mol. The number of piperidine rings is 1. The van der Waals surface area contributed by atoms with Crippen LogP contribution in [0.25, 0.3) is 0 Å². The number of thiophene rings is 1. The van der Waals surface area contributed by atoms with Crippen LogP contribution >= 0.6 is 34.4 Å². The second-order valence-corrected chi connectivity index (χ2v) is 8.80. The lowest BCUT2D eigenvalue weighted by Crippen LogP contribution is -2.39. The van der Waals surface area contributed by atoms with Gasteiger partial charge >= 0.3 is 0 Å². The minimum absolute atomic E-state index is 0.282. The molecule has 3 heterocycles. The summed E-state index contributed by atoms with van der Waals surface area (Å²) in [5.41, 5.74) is 1.11. The molecule has 0 aromatic carbocycles. The highest BCUT2D eigenvalue weighted by Gasteiger charge is 2.23. The fourth-order valence-electron chi connectivity index (χ4n) is 2.61. The summed E-state index contributed by atoms with van der Waals surface area (Å²) in [6.45, 7) is 3.86. The minimum Gasteiger partial charge on any atom is -0.342 e. The zero-order valence-electron chi connectivity index (χ0n) is 12.7. The number of carbonyl (C=O) groups is 1. The van der Waals surface area contributed by atoms with E-state index in [2.05, 4.69) is 10.4 Å². The number of hydrogen-bond acceptors (Lipinski definition) is 5. The topological polar surface area (TPSA) is 33.2 Å². The number of likely N-dealkylation sites (tertiary alicyclic amines) is 1. The Bertz CT molecular complexity index is 601. The summed E-state index contributed by atoms with van der Waals surface area (Å²) in [5, 5.41) is 4.14. The summed E-state index contributed by atoms with van der Waals surface area (Å²) in [5.74, 6) is 2.11. The van der Waals surface area contributed by atoms with Gasteiger partial charge < -0.3 is 4.90 Å². The molecule has 0 aliphatic carbocycles. The van der Waals surface area contributed by atoms with Gasteiger partial charge in [0.1, 0.15) is 4.34 Å². The molecule has 1 aliphatic rings. The molecule has 1 saturated heterocycles. The minimum atomic E-state index is 0.282. The lowest BCUT2D eigenvalue weighted by atomic mass is 9.99. The number of amides is 1. The van der Waals surface area contributed by atoms with Gasteiger partial charge in [-0.05, 0) is 37.1 Å². The number of carbonyl (C=O) groups excluding carboxylic acids is 1. The molecule has 2 aromatic rings. The molecule has 3 nitrogen and oxygen atoms in total. The number of aromatic nitrogens is 1. The summed E-state index contributed by atoms with van der Waals surface area (Å²) in [6, 6.07) is 4.05. The first-order chi connectivity index (χ1) is 10.7. The standard InChI is InChI=1S/C16H20N2OS3/c1-12-10-21-16(17-12)22-11-13-4-6-18(7-5-13)15(19)9-14-3-2-8-20-14/h2-3,8,10,13H,4-7,9,11H2,1H3. The first-order valence-corrected chi connectivity index (χ1v) is 10.3. The lowest BCUT2D eigenvalue weighted by Gasteiger charge is -2.31. The van der Waals surface area contributed by atoms with Gasteiger partial charge in [-0.25, -0.2) is 4.98 Å². The highest BCUT2D eigenvalue weighted by molar-refractivity contribution is 8.01. The normalized spacial score (nSPS) is 16.1. The summed E-state index contributed by atoms with van der Waals surface area (Å²) in [4.78, 5) is 20.0. The van der Waals surface area contributed by atoms with E-state index in [4.69, 9.17) is 0 Å². The van der Waals surface area contributed by atoms with Crippen molar-refractivity contribution >= 4 is 40.3 Å². The first kappa shape index (κ1) is 16.0. The number of aryl methyl sites for hydroxylation is 1. The molecule has 1 aliphatic heterocycles. The number of nitrogens with zero attached hydrogens (tertiary/aromatic N) is 2. The van der Waals surface area contributed by atoms with Crippen LogP contribution in [0.3, 0.4) is 0 Å². The van der Waals surface area contributed by atoms with Crippen molar-refractivity contribution in [3.05, 3.63) is 33.5 Å². The van der Waals surface area contributed by atoms with Crippen molar-refractivity contribution < 1.29 is 4.79 Å². The van der Waals surface area contributed by atoms with Crippen LogP contribution in [0, 0.1) is 12.8 Å². The van der Waals surface area contributed by atoms with Crippen molar-refractivity contribution in [3.8, 4) is 0 Å². The predicted molar refractivity (Wildman–Crippen MR) is 94.9 cm³/mol. The Balaban J connectivity index is 1.41. The number of thioether (sulfide) groups is 1. The Kier molecular flexibility index (Phi) is 5.55. The zero-order chi connectivity index (χ0) is 15.4. The molecular formula is C16H20N2OS3. The van der Waals surface area contributed by atoms with Crippen LogP contribution in [0.5, 0.6) is 0 Å². The molecule has 118 valence electrons. The van der Waals surface area contributed by atoms with E-state index in [-0.39, 0.29) is 5.91 Å². The molecule has 2 aromatic heterocycles. The van der Waals surface area contributed by atoms with Crippen molar-refractivity contribution in [2.75, 3.05) is 18.8 Å². The molecule has 0 atom stereocenters. The Hall–Kier alpha value is -0.850. The van der Waals surface area contributed by atoms with E-state index in [9.17, 15) is 4.79 Å². The molecule has 1 fully saturated rings. The van der Waals surface area contributed by atoms with Crippen molar-refractivity contribution in [1.29, 1.82) is 0 Å². The SMILES string of the molecule is Cc1csc(SCC2CCN(C(=O)Cc3cccs3)CC2)n1. The maximum Gasteiger partial charge on any atom is 0.227 e. The highest BCUT2D eigenvalue weighted by Crippen LogP contribution is 2.28. The largest absolute Gasteiger partial charge is 0.342 e. The Labute approximate surface area is 143 Å². The zero-order valence-corrected chi connectivity index (χ0v) is 15.1. The van der Waals surface area contributed by atoms with Crippen LogP contribution in [-0.2, 0) is 11.2 Å². The molecular weight excluding hydrogens is 332 g/mol. The highest BCUT2D eigenvalue weighted by atomic mass is 32.2.